The SMILES string of the molecule is COc1cc(C=CC(=O)OCC(=O)[C@@]2(O)CC[C@H]3[C@@H]4CC=C5CC(=O)C=C[C@]5(C)[C@H]4[C@@H](O)C[C@@]32C)ccc1OC(=O)CO[N+](=O)[O-]. The minimum absolute atomic E-state index is 0.00828. The van der Waals surface area contributed by atoms with Crippen LogP contribution in [-0.2, 0) is 28.8 Å². The third-order valence-electron chi connectivity index (χ3n) is 10.5. The van der Waals surface area contributed by atoms with E-state index in [9.17, 15) is 39.5 Å². The monoisotopic (exact) mass is 639 g/mol. The highest BCUT2D eigenvalue weighted by Crippen LogP contribution is 2.66. The van der Waals surface area contributed by atoms with Crippen LogP contribution in [0, 0.1) is 38.7 Å². The van der Waals surface area contributed by atoms with Gasteiger partial charge < -0.3 is 29.3 Å². The van der Waals surface area contributed by atoms with E-state index in [1.54, 1.807) is 6.08 Å². The summed E-state index contributed by atoms with van der Waals surface area (Å²) in [5.41, 5.74) is -1.71. The summed E-state index contributed by atoms with van der Waals surface area (Å²) in [5.74, 6) is -2.53. The molecule has 7 atom stereocenters. The van der Waals surface area contributed by atoms with Crippen molar-refractivity contribution in [1.29, 1.82) is 0 Å². The molecule has 0 aromatic heterocycles. The van der Waals surface area contributed by atoms with Gasteiger partial charge in [0.1, 0.15) is 5.60 Å². The third kappa shape index (κ3) is 5.84. The minimum Gasteiger partial charge on any atom is -0.493 e. The fourth-order valence-corrected chi connectivity index (χ4v) is 8.30. The van der Waals surface area contributed by atoms with E-state index in [0.717, 1.165) is 11.6 Å². The highest BCUT2D eigenvalue weighted by molar-refractivity contribution is 5.94. The van der Waals surface area contributed by atoms with E-state index >= 15 is 0 Å². The van der Waals surface area contributed by atoms with Gasteiger partial charge in [-0.25, -0.2) is 9.59 Å². The molecule has 246 valence electrons. The molecule has 0 bridgehead atoms. The van der Waals surface area contributed by atoms with Crippen molar-refractivity contribution < 1.29 is 53.5 Å². The van der Waals surface area contributed by atoms with Crippen LogP contribution in [-0.4, -0.2) is 70.8 Å². The Morgan fingerprint density at radius 1 is 1.17 bits per heavy atom. The molecule has 0 heterocycles. The van der Waals surface area contributed by atoms with Crippen molar-refractivity contribution in [3.63, 3.8) is 0 Å². The predicted molar refractivity (Wildman–Crippen MR) is 160 cm³/mol. The topological polar surface area (TPSA) is 189 Å². The number of aliphatic hydroxyl groups excluding tert-OH is 1. The van der Waals surface area contributed by atoms with Crippen LogP contribution in [0.25, 0.3) is 6.08 Å². The molecule has 13 nitrogen and oxygen atoms in total. The number of ketones is 2. The molecule has 1 aromatic carbocycles. The second-order valence-electron chi connectivity index (χ2n) is 12.9. The number of methoxy groups -OCH3 is 1. The molecule has 0 aliphatic heterocycles. The Hall–Kier alpha value is -4.36. The molecule has 5 rings (SSSR count). The van der Waals surface area contributed by atoms with E-state index in [1.165, 1.54) is 31.4 Å². The number of ether oxygens (including phenoxy) is 3. The fraction of sp³-hybridized carbons (Fsp3) is 0.515. The third-order valence-corrected chi connectivity index (χ3v) is 10.5. The molecule has 0 spiro atoms. The number of allylic oxidation sites excluding steroid dienone is 4. The van der Waals surface area contributed by atoms with E-state index < -0.39 is 58.6 Å². The average Bonchev–Trinajstić information content (AvgIpc) is 3.28. The summed E-state index contributed by atoms with van der Waals surface area (Å²) in [4.78, 5) is 64.1. The second-order valence-corrected chi connectivity index (χ2v) is 12.9. The second kappa shape index (κ2) is 12.4. The number of fused-ring (bicyclic) bond motifs is 5. The molecule has 2 fully saturated rings. The zero-order chi connectivity index (χ0) is 33.4. The smallest absolute Gasteiger partial charge is 0.337 e. The summed E-state index contributed by atoms with van der Waals surface area (Å²) in [6, 6.07) is 4.30. The number of benzene rings is 1. The van der Waals surface area contributed by atoms with Crippen molar-refractivity contribution in [2.75, 3.05) is 20.3 Å². The minimum atomic E-state index is -1.79. The summed E-state index contributed by atoms with van der Waals surface area (Å²) in [6.45, 7) is 2.34. The van der Waals surface area contributed by atoms with Crippen LogP contribution in [0.5, 0.6) is 11.5 Å². The lowest BCUT2D eigenvalue weighted by Crippen LogP contribution is -2.61. The first-order chi connectivity index (χ1) is 21.7. The normalized spacial score (nSPS) is 32.9. The Kier molecular flexibility index (Phi) is 8.93. The lowest BCUT2D eigenvalue weighted by molar-refractivity contribution is -0.754. The van der Waals surface area contributed by atoms with Gasteiger partial charge in [-0.05, 0) is 67.4 Å². The summed E-state index contributed by atoms with van der Waals surface area (Å²) in [5, 5.41) is 32.5. The van der Waals surface area contributed by atoms with Gasteiger partial charge in [0.25, 0.3) is 5.09 Å². The lowest BCUT2D eigenvalue weighted by Gasteiger charge is -2.58. The summed E-state index contributed by atoms with van der Waals surface area (Å²) >= 11 is 0. The number of hydrogen-bond donors (Lipinski definition) is 2. The average molecular weight is 640 g/mol. The van der Waals surface area contributed by atoms with Crippen LogP contribution in [0.1, 0.15) is 51.5 Å². The first-order valence-electron chi connectivity index (χ1n) is 15.1. The van der Waals surface area contributed by atoms with Gasteiger partial charge in [0, 0.05) is 29.2 Å². The number of nitrogens with zero attached hydrogens (tertiary/aromatic N) is 1. The van der Waals surface area contributed by atoms with E-state index in [4.69, 9.17) is 14.2 Å². The molecule has 0 unspecified atom stereocenters. The van der Waals surface area contributed by atoms with Crippen molar-refractivity contribution >= 4 is 29.6 Å². The number of carbonyl (C=O) groups excluding carboxylic acids is 4. The van der Waals surface area contributed by atoms with E-state index in [2.05, 4.69) is 17.8 Å². The Balaban J connectivity index is 1.22. The molecular formula is C33H37NO12. The Morgan fingerprint density at radius 2 is 1.93 bits per heavy atom. The van der Waals surface area contributed by atoms with Gasteiger partial charge >= 0.3 is 11.9 Å². The number of rotatable bonds is 10. The molecule has 13 heteroatoms. The summed E-state index contributed by atoms with van der Waals surface area (Å²) in [7, 11) is 1.31. The largest absolute Gasteiger partial charge is 0.493 e. The maximum absolute atomic E-state index is 13.5. The molecule has 2 saturated carbocycles. The molecule has 4 aliphatic rings. The maximum atomic E-state index is 13.5. The number of carbonyl (C=O) groups is 4. The molecular weight excluding hydrogens is 602 g/mol. The van der Waals surface area contributed by atoms with Crippen molar-refractivity contribution in [2.45, 2.75) is 57.7 Å². The highest BCUT2D eigenvalue weighted by atomic mass is 17.0. The van der Waals surface area contributed by atoms with Gasteiger partial charge in [-0.2, -0.15) is 0 Å². The van der Waals surface area contributed by atoms with Gasteiger partial charge in [-0.3, -0.25) is 9.59 Å². The quantitative estimate of drug-likeness (QED) is 0.0953. The van der Waals surface area contributed by atoms with Crippen LogP contribution >= 0.6 is 0 Å². The van der Waals surface area contributed by atoms with Gasteiger partial charge in [-0.1, -0.05) is 37.6 Å². The van der Waals surface area contributed by atoms with Gasteiger partial charge in [0.05, 0.1) is 13.2 Å². The zero-order valence-electron chi connectivity index (χ0n) is 25.8. The van der Waals surface area contributed by atoms with Crippen molar-refractivity contribution in [1.82, 2.24) is 0 Å². The van der Waals surface area contributed by atoms with Crippen molar-refractivity contribution in [2.24, 2.45) is 28.6 Å². The van der Waals surface area contributed by atoms with Crippen molar-refractivity contribution in [3.8, 4) is 11.5 Å². The van der Waals surface area contributed by atoms with Crippen LogP contribution in [0.15, 0.2) is 48.1 Å². The number of hydrogen-bond acceptors (Lipinski definition) is 12. The Morgan fingerprint density at radius 3 is 2.65 bits per heavy atom. The van der Waals surface area contributed by atoms with Gasteiger partial charge in [0.2, 0.25) is 5.78 Å². The first-order valence-corrected chi connectivity index (χ1v) is 15.1. The Labute approximate surface area is 264 Å². The van der Waals surface area contributed by atoms with Crippen LogP contribution in [0.3, 0.4) is 0 Å². The number of aliphatic hydroxyl groups is 2. The molecule has 2 N–H and O–H groups in total. The van der Waals surface area contributed by atoms with Crippen LogP contribution in [0.2, 0.25) is 0 Å². The highest BCUT2D eigenvalue weighted by Gasteiger charge is 2.68. The first kappa shape index (κ1) is 33.0. The fourth-order valence-electron chi connectivity index (χ4n) is 8.30. The number of Topliss-reactive ketones (excluding diaryl/α,β-unsaturated/α-hetero) is 1. The summed E-state index contributed by atoms with van der Waals surface area (Å²) < 4.78 is 15.4. The van der Waals surface area contributed by atoms with Crippen molar-refractivity contribution in [3.05, 3.63) is 63.8 Å². The van der Waals surface area contributed by atoms with Crippen LogP contribution < -0.4 is 9.47 Å². The Bertz CT molecular complexity index is 1550. The molecule has 0 saturated heterocycles. The van der Waals surface area contributed by atoms with E-state index in [0.29, 0.717) is 24.8 Å². The lowest BCUT2D eigenvalue weighted by atomic mass is 9.47. The zero-order valence-corrected chi connectivity index (χ0v) is 25.8. The standard InChI is InChI=1S/C33H37NO12/c1-31-12-10-21(35)15-20(31)6-7-22-23-11-13-33(40,32(23,2)16-24(36)30(22)31)27(37)17-44-28(38)9-5-19-4-8-25(26(14-19)43-3)46-29(39)18-45-34(41)42/h4-6,8-10,12,14,22-24,30,36,40H,7,11,13,15-18H2,1-3H3/t22-,23-,24-,30+,31-,32-,33-/m0/s1. The molecule has 0 radical (unpaired) electrons. The van der Waals surface area contributed by atoms with Gasteiger partial charge in [-0.15, -0.1) is 10.1 Å². The molecule has 46 heavy (non-hydrogen) atoms. The van der Waals surface area contributed by atoms with Crippen LogP contribution in [0.4, 0.5) is 0 Å². The predicted octanol–water partition coefficient (Wildman–Crippen LogP) is 2.94. The number of esters is 2. The van der Waals surface area contributed by atoms with E-state index in [1.807, 2.05) is 13.0 Å². The molecule has 0 amide bonds. The van der Waals surface area contributed by atoms with E-state index in [-0.39, 0.29) is 47.9 Å². The van der Waals surface area contributed by atoms with Gasteiger partial charge in [0.15, 0.2) is 30.5 Å². The molecule has 1 aromatic rings. The summed E-state index contributed by atoms with van der Waals surface area (Å²) in [6.07, 6.45) is 9.24. The molecule has 4 aliphatic carbocycles. The maximum Gasteiger partial charge on any atom is 0.337 e.